The van der Waals surface area contributed by atoms with Gasteiger partial charge in [-0.15, -0.1) is 11.3 Å². The first-order valence-electron chi connectivity index (χ1n) is 14.3. The minimum absolute atomic E-state index is 0.0384. The van der Waals surface area contributed by atoms with Gasteiger partial charge in [-0.25, -0.2) is 0 Å². The van der Waals surface area contributed by atoms with Gasteiger partial charge in [0.2, 0.25) is 0 Å². The molecule has 39 heavy (non-hydrogen) atoms. The Labute approximate surface area is 235 Å². The van der Waals surface area contributed by atoms with Crippen molar-refractivity contribution in [1.82, 2.24) is 4.98 Å². The summed E-state index contributed by atoms with van der Waals surface area (Å²) >= 11 is 1.98. The molecule has 0 aliphatic heterocycles. The van der Waals surface area contributed by atoms with Crippen LogP contribution in [0.3, 0.4) is 0 Å². The Bertz CT molecular complexity index is 1940. The van der Waals surface area contributed by atoms with Crippen LogP contribution in [0.15, 0.2) is 72.9 Å². The molecular weight excluding hydrogens is 490 g/mol. The predicted molar refractivity (Wildman–Crippen MR) is 172 cm³/mol. The molecule has 0 spiro atoms. The molecule has 0 atom stereocenters. The number of aromatic nitrogens is 1. The third-order valence-corrected chi connectivity index (χ3v) is 10.4. The Kier molecular flexibility index (Phi) is 5.18. The molecule has 2 aromatic heterocycles. The molecule has 1 aliphatic rings. The number of nitrogens with zero attached hydrogens (tertiary/aromatic N) is 1. The number of thiophene rings is 1. The average Bonchev–Trinajstić information content (AvgIpc) is 3.25. The summed E-state index contributed by atoms with van der Waals surface area (Å²) in [4.78, 5) is 4.99. The molecule has 7 rings (SSSR count). The van der Waals surface area contributed by atoms with Crippen LogP contribution in [-0.4, -0.2) is 4.98 Å². The lowest BCUT2D eigenvalue weighted by Gasteiger charge is -2.42. The van der Waals surface area contributed by atoms with Crippen LogP contribution in [0.2, 0.25) is 0 Å². The molecule has 0 bridgehead atoms. The molecule has 0 fully saturated rings. The topological polar surface area (TPSA) is 12.9 Å². The van der Waals surface area contributed by atoms with Crippen molar-refractivity contribution < 1.29 is 0 Å². The van der Waals surface area contributed by atoms with Gasteiger partial charge in [0.25, 0.3) is 0 Å². The van der Waals surface area contributed by atoms with E-state index in [-0.39, 0.29) is 16.2 Å². The second-order valence-corrected chi connectivity index (χ2v) is 15.0. The van der Waals surface area contributed by atoms with Crippen LogP contribution < -0.4 is 0 Å². The van der Waals surface area contributed by atoms with Crippen LogP contribution in [0.1, 0.15) is 78.0 Å². The van der Waals surface area contributed by atoms with Gasteiger partial charge in [-0.3, -0.25) is 4.98 Å². The molecule has 2 heteroatoms. The first kappa shape index (κ1) is 24.8. The molecule has 0 radical (unpaired) electrons. The summed E-state index contributed by atoms with van der Waals surface area (Å²) in [7, 11) is 0. The van der Waals surface area contributed by atoms with Crippen LogP contribution in [0.4, 0.5) is 0 Å². The molecule has 6 aromatic rings. The van der Waals surface area contributed by atoms with Crippen LogP contribution in [0.25, 0.3) is 53.0 Å². The minimum atomic E-state index is 0.0384. The van der Waals surface area contributed by atoms with Crippen molar-refractivity contribution in [3.05, 3.63) is 89.6 Å². The van der Waals surface area contributed by atoms with Crippen molar-refractivity contribution in [2.45, 2.75) is 77.6 Å². The fraction of sp³-hybridized carbons (Fsp3) is 0.324. The van der Waals surface area contributed by atoms with E-state index in [1.54, 1.807) is 5.56 Å². The molecular formula is C37H37NS. The summed E-state index contributed by atoms with van der Waals surface area (Å²) in [6.07, 6.45) is 4.45. The molecule has 0 amide bonds. The number of fused-ring (bicyclic) bond motifs is 7. The van der Waals surface area contributed by atoms with E-state index in [9.17, 15) is 0 Å². The number of benzene rings is 4. The molecule has 1 nitrogen and oxygen atoms in total. The van der Waals surface area contributed by atoms with Gasteiger partial charge in [0.1, 0.15) is 0 Å². The minimum Gasteiger partial charge on any atom is -0.256 e. The summed E-state index contributed by atoms with van der Waals surface area (Å²) in [6, 6.07) is 25.3. The largest absolute Gasteiger partial charge is 0.256 e. The lowest BCUT2D eigenvalue weighted by atomic mass is 9.63. The molecule has 0 saturated heterocycles. The Morgan fingerprint density at radius 2 is 1.46 bits per heavy atom. The van der Waals surface area contributed by atoms with E-state index >= 15 is 0 Å². The van der Waals surface area contributed by atoms with E-state index in [0.29, 0.717) is 0 Å². The third-order valence-electron chi connectivity index (χ3n) is 9.25. The van der Waals surface area contributed by atoms with Crippen LogP contribution in [0.5, 0.6) is 0 Å². The van der Waals surface area contributed by atoms with Crippen molar-refractivity contribution in [2.24, 2.45) is 0 Å². The van der Waals surface area contributed by atoms with Gasteiger partial charge < -0.3 is 0 Å². The smallest absolute Gasteiger partial charge is 0.0780 e. The Hall–Kier alpha value is -3.23. The first-order valence-corrected chi connectivity index (χ1v) is 15.1. The van der Waals surface area contributed by atoms with E-state index in [0.717, 1.165) is 5.69 Å². The van der Waals surface area contributed by atoms with Crippen LogP contribution in [-0.2, 0) is 16.2 Å². The second-order valence-electron chi connectivity index (χ2n) is 14.0. The average molecular weight is 528 g/mol. The Balaban J connectivity index is 1.52. The van der Waals surface area contributed by atoms with Crippen LogP contribution in [0, 0.1) is 0 Å². The maximum atomic E-state index is 4.99. The number of rotatable bonds is 1. The van der Waals surface area contributed by atoms with Gasteiger partial charge in [-0.2, -0.15) is 0 Å². The van der Waals surface area contributed by atoms with E-state index in [1.165, 1.54) is 71.2 Å². The van der Waals surface area contributed by atoms with Crippen LogP contribution >= 0.6 is 11.3 Å². The highest BCUT2D eigenvalue weighted by atomic mass is 32.1. The first-order chi connectivity index (χ1) is 18.4. The quantitative estimate of drug-likeness (QED) is 0.207. The predicted octanol–water partition coefficient (Wildman–Crippen LogP) is 11.1. The van der Waals surface area contributed by atoms with Gasteiger partial charge in [0.15, 0.2) is 0 Å². The summed E-state index contributed by atoms with van der Waals surface area (Å²) in [5.74, 6) is 0. The third kappa shape index (κ3) is 3.75. The molecule has 0 N–H and O–H groups in total. The fourth-order valence-electron chi connectivity index (χ4n) is 6.92. The Morgan fingerprint density at radius 1 is 0.718 bits per heavy atom. The highest BCUT2D eigenvalue weighted by molar-refractivity contribution is 7.26. The zero-order valence-electron chi connectivity index (χ0n) is 24.2. The van der Waals surface area contributed by atoms with E-state index < -0.39 is 0 Å². The molecule has 196 valence electrons. The summed E-state index contributed by atoms with van der Waals surface area (Å²) in [5, 5.41) is 7.85. The lowest BCUT2D eigenvalue weighted by Crippen LogP contribution is -2.33. The zero-order chi connectivity index (χ0) is 27.3. The van der Waals surface area contributed by atoms with Crippen molar-refractivity contribution >= 4 is 53.1 Å². The fourth-order valence-corrected chi connectivity index (χ4v) is 8.39. The maximum absolute atomic E-state index is 4.99. The van der Waals surface area contributed by atoms with E-state index in [1.807, 2.05) is 17.5 Å². The van der Waals surface area contributed by atoms with Gasteiger partial charge in [-0.1, -0.05) is 84.9 Å². The highest BCUT2D eigenvalue weighted by Crippen LogP contribution is 2.51. The van der Waals surface area contributed by atoms with Gasteiger partial charge in [0, 0.05) is 37.3 Å². The summed E-state index contributed by atoms with van der Waals surface area (Å²) in [5.41, 5.74) is 7.20. The highest BCUT2D eigenvalue weighted by Gasteiger charge is 2.38. The van der Waals surface area contributed by atoms with E-state index in [2.05, 4.69) is 115 Å². The normalized spacial score (nSPS) is 16.8. The van der Waals surface area contributed by atoms with Gasteiger partial charge in [-0.05, 0) is 92.3 Å². The molecule has 0 unspecified atom stereocenters. The van der Waals surface area contributed by atoms with Crippen molar-refractivity contribution in [3.8, 4) is 11.3 Å². The summed E-state index contributed by atoms with van der Waals surface area (Å²) in [6.45, 7) is 16.6. The van der Waals surface area contributed by atoms with Gasteiger partial charge in [0.05, 0.1) is 5.69 Å². The number of hydrogen-bond acceptors (Lipinski definition) is 2. The maximum Gasteiger partial charge on any atom is 0.0780 e. The Morgan fingerprint density at radius 3 is 2.26 bits per heavy atom. The monoisotopic (exact) mass is 527 g/mol. The van der Waals surface area contributed by atoms with Crippen molar-refractivity contribution in [3.63, 3.8) is 0 Å². The van der Waals surface area contributed by atoms with Crippen molar-refractivity contribution in [1.29, 1.82) is 0 Å². The van der Waals surface area contributed by atoms with Crippen molar-refractivity contribution in [2.75, 3.05) is 0 Å². The summed E-state index contributed by atoms with van der Waals surface area (Å²) < 4.78 is 2.85. The molecule has 0 saturated carbocycles. The SMILES string of the molecule is CC(C)(C)c1cc(-c2nccc3cc4sc5c6c(ccc5c4cc23)C(C)(C)CCC6(C)C)cc2ccccc12. The zero-order valence-corrected chi connectivity index (χ0v) is 25.0. The number of hydrogen-bond donors (Lipinski definition) is 0. The van der Waals surface area contributed by atoms with E-state index in [4.69, 9.17) is 4.98 Å². The molecule has 1 aliphatic carbocycles. The molecule has 2 heterocycles. The standard InChI is InChI=1S/C37H37NS/c1-35(2,3)30-19-24(18-22-10-8-9-11-25(22)30)33-27-21-28-26-12-13-29-32(37(6,7)16-15-36(29,4)5)34(26)39-31(28)20-23(27)14-17-38-33/h8-14,17-21H,15-16H2,1-7H3. The second kappa shape index (κ2) is 8.15. The number of pyridine rings is 1. The molecule has 4 aromatic carbocycles. The lowest BCUT2D eigenvalue weighted by molar-refractivity contribution is 0.335. The van der Waals surface area contributed by atoms with Gasteiger partial charge >= 0.3 is 0 Å².